The molecule has 0 spiro atoms. The van der Waals surface area contributed by atoms with Crippen LogP contribution in [-0.2, 0) is 23.8 Å². The maximum atomic E-state index is 12.6. The summed E-state index contributed by atoms with van der Waals surface area (Å²) in [6.07, 6.45) is 3.12. The van der Waals surface area contributed by atoms with Gasteiger partial charge in [0.05, 0.1) is 12.6 Å². The molecular weight excluding hydrogens is 382 g/mol. The number of rotatable bonds is 5. The third kappa shape index (κ3) is 4.26. The molecule has 4 rings (SSSR count). The minimum Gasteiger partial charge on any atom is -0.459 e. The van der Waals surface area contributed by atoms with E-state index in [0.717, 1.165) is 25.8 Å². The maximum absolute atomic E-state index is 12.6. The van der Waals surface area contributed by atoms with E-state index in [0.29, 0.717) is 13.0 Å². The fourth-order valence-electron chi connectivity index (χ4n) is 3.94. The Morgan fingerprint density at radius 1 is 1.34 bits per heavy atom. The summed E-state index contributed by atoms with van der Waals surface area (Å²) in [5.41, 5.74) is 4.94. The molecule has 3 aliphatic rings. The smallest absolute Gasteiger partial charge is 0.351 e. The van der Waals surface area contributed by atoms with Crippen molar-refractivity contribution < 1.29 is 23.8 Å². The summed E-state index contributed by atoms with van der Waals surface area (Å²) in [4.78, 5) is 42.3. The number of nitrogens with two attached hydrogens (primary N) is 1. The highest BCUT2D eigenvalue weighted by atomic mass is 16.7. The van der Waals surface area contributed by atoms with Crippen LogP contribution >= 0.6 is 0 Å². The molecule has 11 heteroatoms. The van der Waals surface area contributed by atoms with Crippen molar-refractivity contribution >= 4 is 17.7 Å². The van der Waals surface area contributed by atoms with Gasteiger partial charge in [-0.25, -0.2) is 9.59 Å². The van der Waals surface area contributed by atoms with E-state index in [1.807, 2.05) is 0 Å². The lowest BCUT2D eigenvalue weighted by atomic mass is 10.1. The number of hydrogen-bond donors (Lipinski definition) is 2. The predicted molar refractivity (Wildman–Crippen MR) is 99.5 cm³/mol. The fourth-order valence-corrected chi connectivity index (χ4v) is 3.94. The maximum Gasteiger partial charge on any atom is 0.351 e. The molecule has 0 bridgehead atoms. The van der Waals surface area contributed by atoms with E-state index in [9.17, 15) is 14.4 Å². The second kappa shape index (κ2) is 8.47. The van der Waals surface area contributed by atoms with Gasteiger partial charge in [-0.2, -0.15) is 4.98 Å². The van der Waals surface area contributed by atoms with Crippen LogP contribution in [0.3, 0.4) is 0 Å². The van der Waals surface area contributed by atoms with Crippen LogP contribution in [0.1, 0.15) is 31.9 Å². The van der Waals surface area contributed by atoms with Gasteiger partial charge in [-0.3, -0.25) is 9.36 Å². The van der Waals surface area contributed by atoms with Gasteiger partial charge in [0, 0.05) is 12.7 Å². The van der Waals surface area contributed by atoms with Crippen molar-refractivity contribution in [3.05, 3.63) is 22.7 Å². The molecule has 3 aliphatic heterocycles. The molecule has 3 N–H and O–H groups in total. The first-order valence-corrected chi connectivity index (χ1v) is 9.85. The Kier molecular flexibility index (Phi) is 5.79. The highest BCUT2D eigenvalue weighted by Crippen LogP contribution is 2.23. The highest BCUT2D eigenvalue weighted by molar-refractivity contribution is 5.88. The third-order valence-electron chi connectivity index (χ3n) is 5.42. The predicted octanol–water partition coefficient (Wildman–Crippen LogP) is -1.02. The average Bonchev–Trinajstić information content (AvgIpc) is 3.47. The lowest BCUT2D eigenvalue weighted by molar-refractivity contribution is -0.166. The number of amides is 1. The molecule has 29 heavy (non-hydrogen) atoms. The van der Waals surface area contributed by atoms with Gasteiger partial charge >= 0.3 is 11.7 Å². The number of likely N-dealkylation sites (tertiary alicyclic amines) is 1. The van der Waals surface area contributed by atoms with Crippen LogP contribution in [0.15, 0.2) is 17.1 Å². The molecule has 1 aromatic heterocycles. The van der Waals surface area contributed by atoms with Crippen LogP contribution in [0.25, 0.3) is 0 Å². The zero-order valence-corrected chi connectivity index (χ0v) is 16.0. The normalized spacial score (nSPS) is 29.3. The minimum atomic E-state index is -0.796. The Hall–Kier alpha value is -2.50. The molecule has 4 unspecified atom stereocenters. The zero-order valence-electron chi connectivity index (χ0n) is 16.0. The quantitative estimate of drug-likeness (QED) is 0.588. The summed E-state index contributed by atoms with van der Waals surface area (Å²) in [5.74, 6) is -0.375. The van der Waals surface area contributed by atoms with Crippen LogP contribution in [-0.4, -0.2) is 71.0 Å². The highest BCUT2D eigenvalue weighted by Gasteiger charge is 2.39. The summed E-state index contributed by atoms with van der Waals surface area (Å²) >= 11 is 0. The summed E-state index contributed by atoms with van der Waals surface area (Å²) in [6, 6.07) is 0.701. The van der Waals surface area contributed by atoms with E-state index >= 15 is 0 Å². The minimum absolute atomic E-state index is 0.0365. The molecule has 4 atom stereocenters. The number of aromatic nitrogens is 2. The van der Waals surface area contributed by atoms with Gasteiger partial charge in [-0.15, -0.1) is 0 Å². The Bertz CT molecular complexity index is 823. The SMILES string of the molecule is Nc1ccn(C2COC(COC(=O)C3CCCN3C(=O)C3CCCN3)O2)c(=O)n1. The lowest BCUT2D eigenvalue weighted by Gasteiger charge is -2.26. The van der Waals surface area contributed by atoms with Crippen molar-refractivity contribution in [2.24, 2.45) is 0 Å². The summed E-state index contributed by atoms with van der Waals surface area (Å²) in [6.45, 7) is 1.38. The first-order valence-electron chi connectivity index (χ1n) is 9.85. The molecule has 0 aromatic carbocycles. The lowest BCUT2D eigenvalue weighted by Crippen LogP contribution is -2.49. The molecule has 158 valence electrons. The summed E-state index contributed by atoms with van der Waals surface area (Å²) in [7, 11) is 0. The van der Waals surface area contributed by atoms with Crippen molar-refractivity contribution in [1.29, 1.82) is 0 Å². The molecule has 0 aliphatic carbocycles. The van der Waals surface area contributed by atoms with E-state index in [1.54, 1.807) is 4.90 Å². The van der Waals surface area contributed by atoms with E-state index in [-0.39, 0.29) is 31.0 Å². The molecule has 1 amide bonds. The molecule has 0 radical (unpaired) electrons. The van der Waals surface area contributed by atoms with E-state index in [2.05, 4.69) is 10.3 Å². The second-order valence-electron chi connectivity index (χ2n) is 7.36. The third-order valence-corrected chi connectivity index (χ3v) is 5.42. The van der Waals surface area contributed by atoms with Crippen molar-refractivity contribution in [3.63, 3.8) is 0 Å². The monoisotopic (exact) mass is 407 g/mol. The first kappa shape index (κ1) is 19.8. The van der Waals surface area contributed by atoms with Gasteiger partial charge in [-0.05, 0) is 38.3 Å². The second-order valence-corrected chi connectivity index (χ2v) is 7.36. The Morgan fingerprint density at radius 3 is 2.97 bits per heavy atom. The van der Waals surface area contributed by atoms with Crippen molar-refractivity contribution in [2.75, 3.05) is 32.0 Å². The number of carbonyl (C=O) groups excluding carboxylic acids is 2. The van der Waals surface area contributed by atoms with E-state index in [4.69, 9.17) is 19.9 Å². The van der Waals surface area contributed by atoms with Gasteiger partial charge in [0.2, 0.25) is 5.91 Å². The molecule has 1 aromatic rings. The van der Waals surface area contributed by atoms with Crippen molar-refractivity contribution in [3.8, 4) is 0 Å². The number of esters is 1. The Balaban J connectivity index is 1.29. The molecule has 3 saturated heterocycles. The van der Waals surface area contributed by atoms with Crippen molar-refractivity contribution in [2.45, 2.75) is 50.3 Å². The van der Waals surface area contributed by atoms with Crippen molar-refractivity contribution in [1.82, 2.24) is 19.8 Å². The largest absolute Gasteiger partial charge is 0.459 e. The van der Waals surface area contributed by atoms with E-state index < -0.39 is 30.2 Å². The summed E-state index contributed by atoms with van der Waals surface area (Å²) < 4.78 is 17.7. The average molecular weight is 407 g/mol. The van der Waals surface area contributed by atoms with Gasteiger partial charge in [-0.1, -0.05) is 0 Å². The molecular formula is C18H25N5O6. The van der Waals surface area contributed by atoms with Gasteiger partial charge in [0.1, 0.15) is 18.5 Å². The van der Waals surface area contributed by atoms with Gasteiger partial charge in [0.15, 0.2) is 12.5 Å². The van der Waals surface area contributed by atoms with E-state index in [1.165, 1.54) is 16.8 Å². The van der Waals surface area contributed by atoms with Crippen LogP contribution < -0.4 is 16.7 Å². The zero-order chi connectivity index (χ0) is 20.4. The number of hydrogen-bond acceptors (Lipinski definition) is 9. The van der Waals surface area contributed by atoms with Crippen LogP contribution in [0.2, 0.25) is 0 Å². The topological polar surface area (TPSA) is 138 Å². The molecule has 3 fully saturated rings. The van der Waals surface area contributed by atoms with Crippen LogP contribution in [0.4, 0.5) is 5.82 Å². The Morgan fingerprint density at radius 2 is 2.21 bits per heavy atom. The van der Waals surface area contributed by atoms with Gasteiger partial charge in [0.25, 0.3) is 0 Å². The molecule has 11 nitrogen and oxygen atoms in total. The van der Waals surface area contributed by atoms with Gasteiger partial charge < -0.3 is 30.2 Å². The number of anilines is 1. The van der Waals surface area contributed by atoms with Crippen LogP contribution in [0, 0.1) is 0 Å². The number of nitrogens with zero attached hydrogens (tertiary/aromatic N) is 3. The molecule has 0 saturated carbocycles. The fraction of sp³-hybridized carbons (Fsp3) is 0.667. The summed E-state index contributed by atoms with van der Waals surface area (Å²) in [5, 5.41) is 3.17. The number of nitrogens with one attached hydrogen (secondary N) is 1. The molecule has 4 heterocycles. The van der Waals surface area contributed by atoms with Crippen LogP contribution in [0.5, 0.6) is 0 Å². The number of nitrogen functional groups attached to an aromatic ring is 1. The standard InChI is InChI=1S/C18H25N5O6/c19-13-5-8-23(18(26)21-13)14-9-27-15(29-14)10-28-17(25)12-4-2-7-22(12)16(24)11-3-1-6-20-11/h5,8,11-12,14-15,20H,1-4,6-7,9-10H2,(H2,19,21,26). The first-order chi connectivity index (χ1) is 14.0. The number of ether oxygens (including phenoxy) is 3. The number of carbonyl (C=O) groups is 2. The Labute approximate surface area is 167 Å².